The highest BCUT2D eigenvalue weighted by Gasteiger charge is 2.73. The summed E-state index contributed by atoms with van der Waals surface area (Å²) in [5.41, 5.74) is -5.59. The Morgan fingerprint density at radius 2 is 1.14 bits per heavy atom. The Morgan fingerprint density at radius 1 is 0.660 bits per heavy atom. The first-order valence-electron chi connectivity index (χ1n) is 36.7. The van der Waals surface area contributed by atoms with Crippen LogP contribution in [0.25, 0.3) is 0 Å². The predicted octanol–water partition coefficient (Wildman–Crippen LogP) is 15.3. The van der Waals surface area contributed by atoms with Crippen LogP contribution in [0, 0.1) is 28.1 Å². The molecule has 3 aliphatic carbocycles. The van der Waals surface area contributed by atoms with Crippen molar-refractivity contribution in [3.05, 3.63) is 95.6 Å². The number of ether oxygens (including phenoxy) is 7. The maximum Gasteiger partial charge on any atom is 0.408 e. The monoisotopic (exact) mass is 1360 g/mol. The van der Waals surface area contributed by atoms with Crippen LogP contribution in [0.5, 0.6) is 0 Å². The van der Waals surface area contributed by atoms with Crippen LogP contribution < -0.4 is 5.32 Å². The summed E-state index contributed by atoms with van der Waals surface area (Å²) >= 11 is 0. The van der Waals surface area contributed by atoms with Crippen LogP contribution in [-0.4, -0.2) is 125 Å². The third-order valence-electron chi connectivity index (χ3n) is 20.5. The molecular formula is C79H121NO17. The van der Waals surface area contributed by atoms with Crippen molar-refractivity contribution in [2.75, 3.05) is 19.8 Å². The van der Waals surface area contributed by atoms with Gasteiger partial charge in [0.05, 0.1) is 42.7 Å². The molecule has 97 heavy (non-hydrogen) atoms. The SMILES string of the molecule is CCCCC/C=C\C/C=C\CCCCCCCC(=O)OCC(COC(=O)CCC(=O)O[C@@H](C(=O)O[C@H]1C[C@@]2(O)[C@@H](C)[C@@H]3[C@]4(C)CO[C@@H]4C[C@H](O)[C@@]3(C)C(=O)[C@H](O)C(=C1C)C2(C)C)[C@@H](NC(=O)OC(C)(C)C)c1ccccc1)OC(=O)CCCCCCC/C=C\C/C=C\CCCCC. The van der Waals surface area contributed by atoms with Gasteiger partial charge in [-0.25, -0.2) is 9.59 Å². The largest absolute Gasteiger partial charge is 0.462 e. The van der Waals surface area contributed by atoms with E-state index in [-0.39, 0.29) is 50.0 Å². The van der Waals surface area contributed by atoms with Gasteiger partial charge in [-0.15, -0.1) is 0 Å². The summed E-state index contributed by atoms with van der Waals surface area (Å²) in [6.07, 6.45) is 30.4. The van der Waals surface area contributed by atoms with Crippen molar-refractivity contribution in [2.45, 2.75) is 310 Å². The molecule has 5 rings (SSSR count). The van der Waals surface area contributed by atoms with Crippen molar-refractivity contribution < 1.29 is 82.0 Å². The number of aliphatic hydroxyl groups excluding tert-OH is 2. The Morgan fingerprint density at radius 3 is 1.66 bits per heavy atom. The summed E-state index contributed by atoms with van der Waals surface area (Å²) in [5.74, 6) is -6.26. The molecule has 1 saturated heterocycles. The van der Waals surface area contributed by atoms with Crippen LogP contribution in [0.4, 0.5) is 4.79 Å². The molecule has 18 nitrogen and oxygen atoms in total. The number of alkyl carbamates (subject to hydrolysis) is 1. The number of amides is 1. The first kappa shape index (κ1) is 81.7. The Kier molecular flexibility index (Phi) is 34.0. The Balaban J connectivity index is 1.26. The van der Waals surface area contributed by atoms with Crippen LogP contribution in [0.1, 0.15) is 268 Å². The highest BCUT2D eigenvalue weighted by molar-refractivity contribution is 5.93. The zero-order valence-corrected chi connectivity index (χ0v) is 60.7. The molecule has 1 unspecified atom stereocenters. The van der Waals surface area contributed by atoms with Gasteiger partial charge in [0.15, 0.2) is 11.9 Å². The number of unbranched alkanes of at least 4 members (excludes halogenated alkanes) is 16. The highest BCUT2D eigenvalue weighted by atomic mass is 16.6. The van der Waals surface area contributed by atoms with Gasteiger partial charge < -0.3 is 53.8 Å². The topological polar surface area (TPSA) is 257 Å². The molecule has 0 radical (unpaired) electrons. The molecule has 1 heterocycles. The minimum absolute atomic E-state index is 0.106. The molecule has 12 atom stereocenters. The van der Waals surface area contributed by atoms with E-state index >= 15 is 4.79 Å². The molecule has 544 valence electrons. The lowest BCUT2D eigenvalue weighted by Gasteiger charge is -2.68. The van der Waals surface area contributed by atoms with E-state index in [9.17, 15) is 44.1 Å². The van der Waals surface area contributed by atoms with Crippen molar-refractivity contribution in [3.8, 4) is 0 Å². The van der Waals surface area contributed by atoms with Crippen LogP contribution >= 0.6 is 0 Å². The third-order valence-corrected chi connectivity index (χ3v) is 20.5. The molecular weight excluding hydrogens is 1230 g/mol. The summed E-state index contributed by atoms with van der Waals surface area (Å²) in [6.45, 7) is 19.3. The highest BCUT2D eigenvalue weighted by Crippen LogP contribution is 2.67. The third kappa shape index (κ3) is 24.1. The average molecular weight is 1360 g/mol. The van der Waals surface area contributed by atoms with Gasteiger partial charge in [0.25, 0.3) is 0 Å². The Bertz CT molecular complexity index is 2810. The fraction of sp³-hybridized carbons (Fsp3) is 0.709. The van der Waals surface area contributed by atoms with Crippen molar-refractivity contribution >= 4 is 41.7 Å². The molecule has 4 aliphatic rings. The summed E-state index contributed by atoms with van der Waals surface area (Å²) in [5, 5.41) is 40.2. The summed E-state index contributed by atoms with van der Waals surface area (Å²) < 4.78 is 40.8. The van der Waals surface area contributed by atoms with Gasteiger partial charge in [0.1, 0.15) is 37.1 Å². The molecule has 1 amide bonds. The average Bonchev–Trinajstić information content (AvgIpc) is 0.677. The van der Waals surface area contributed by atoms with Gasteiger partial charge in [-0.1, -0.05) is 185 Å². The molecule has 0 spiro atoms. The van der Waals surface area contributed by atoms with E-state index in [0.29, 0.717) is 18.4 Å². The number of benzene rings is 1. The molecule has 4 N–H and O–H groups in total. The second-order valence-corrected chi connectivity index (χ2v) is 29.5. The number of fused-ring (bicyclic) bond motifs is 5. The molecule has 3 fully saturated rings. The van der Waals surface area contributed by atoms with Crippen molar-refractivity contribution in [2.24, 2.45) is 28.1 Å². The maximum absolute atomic E-state index is 15.2. The number of rotatable bonds is 42. The normalized spacial score (nSPS) is 25.5. The standard InChI is InChI=1S/C79H121NO17/c1-12-14-16-18-20-22-24-26-28-30-32-34-36-38-43-47-63(82)91-53-59(94-65(84)48-44-39-37-35-33-31-29-27-25-23-21-19-17-15-13-2)54-92-64(83)49-50-66(85)96-70(68(58-45-41-40-42-46-58)80-74(89)97-75(5,6)7)73(88)95-60-52-79(90)57(4)71-77(10)55-93-62(77)51-61(81)78(71,11)72(87)69(86)67(56(60)3)76(79,8)9/h20-23,26-29,40-42,45-46,57,59-62,68-71,81,86,90H,12-19,24-25,30-39,43-44,47-55H2,1-11H3,(H,80,89)/b22-20-,23-21-,28-26-,29-27-/t57-,59?,60-,61-,62+,68-,69+,70+,71+,77+,78+,79+/m0/s1. The van der Waals surface area contributed by atoms with Crippen LogP contribution in [0.3, 0.4) is 0 Å². The molecule has 2 saturated carbocycles. The first-order chi connectivity index (χ1) is 46.2. The fourth-order valence-corrected chi connectivity index (χ4v) is 14.9. The Hall–Kier alpha value is -5.95. The lowest BCUT2D eigenvalue weighted by atomic mass is 9.40. The number of hydrogen-bond acceptors (Lipinski definition) is 17. The van der Waals surface area contributed by atoms with Crippen molar-refractivity contribution in [1.82, 2.24) is 5.32 Å². The van der Waals surface area contributed by atoms with Crippen molar-refractivity contribution in [3.63, 3.8) is 0 Å². The number of carbonyl (C=O) groups excluding carboxylic acids is 7. The number of Topliss-reactive ketones (excluding diaryl/α,β-unsaturated/α-hetero) is 1. The van der Waals surface area contributed by atoms with Crippen molar-refractivity contribution in [1.29, 1.82) is 0 Å². The van der Waals surface area contributed by atoms with E-state index < -0.39 is 143 Å². The van der Waals surface area contributed by atoms with Crippen LogP contribution in [0.15, 0.2) is 90.1 Å². The summed E-state index contributed by atoms with van der Waals surface area (Å²) in [4.78, 5) is 97.8. The summed E-state index contributed by atoms with van der Waals surface area (Å²) in [7, 11) is 0. The van der Waals surface area contributed by atoms with E-state index in [2.05, 4.69) is 67.8 Å². The zero-order chi connectivity index (χ0) is 71.2. The van der Waals surface area contributed by atoms with Gasteiger partial charge in [-0.05, 0) is 140 Å². The lowest BCUT2D eigenvalue weighted by Crippen LogP contribution is -2.75. The van der Waals surface area contributed by atoms with Crippen LogP contribution in [0.2, 0.25) is 0 Å². The quantitative estimate of drug-likeness (QED) is 0.0205. The molecule has 0 aromatic heterocycles. The second kappa shape index (κ2) is 40.3. The smallest absolute Gasteiger partial charge is 0.408 e. The van der Waals surface area contributed by atoms with Gasteiger partial charge in [0, 0.05) is 36.5 Å². The molecule has 1 aromatic carbocycles. The predicted molar refractivity (Wildman–Crippen MR) is 374 cm³/mol. The zero-order valence-electron chi connectivity index (χ0n) is 60.7. The number of aliphatic hydroxyl groups is 3. The first-order valence-corrected chi connectivity index (χ1v) is 36.7. The number of nitrogens with one attached hydrogen (secondary N) is 1. The molecule has 18 heteroatoms. The van der Waals surface area contributed by atoms with Gasteiger partial charge >= 0.3 is 35.9 Å². The van der Waals surface area contributed by atoms with E-state index in [1.165, 1.54) is 38.5 Å². The minimum atomic E-state index is -1.97. The van der Waals surface area contributed by atoms with Gasteiger partial charge in [-0.3, -0.25) is 24.0 Å². The molecule has 1 aromatic rings. The second-order valence-electron chi connectivity index (χ2n) is 29.5. The van der Waals surface area contributed by atoms with E-state index in [4.69, 9.17) is 33.2 Å². The number of hydrogen-bond donors (Lipinski definition) is 4. The lowest BCUT2D eigenvalue weighted by molar-refractivity contribution is -0.302. The van der Waals surface area contributed by atoms with E-state index in [0.717, 1.165) is 89.9 Å². The number of carbonyl (C=O) groups is 7. The molecule has 1 aliphatic heterocycles. The van der Waals surface area contributed by atoms with Gasteiger partial charge in [0.2, 0.25) is 6.10 Å². The maximum atomic E-state index is 15.2. The van der Waals surface area contributed by atoms with Gasteiger partial charge in [-0.2, -0.15) is 0 Å². The number of allylic oxidation sites excluding steroid dienone is 8. The van der Waals surface area contributed by atoms with E-state index in [1.54, 1.807) is 78.8 Å². The summed E-state index contributed by atoms with van der Waals surface area (Å²) in [6, 6.07) is 6.73. The Labute approximate surface area is 579 Å². The van der Waals surface area contributed by atoms with E-state index in [1.807, 2.05) is 13.8 Å². The fourth-order valence-electron chi connectivity index (χ4n) is 14.9. The molecule has 2 bridgehead atoms. The van der Waals surface area contributed by atoms with Crippen LogP contribution in [-0.2, 0) is 61.9 Å². The number of ketones is 1. The minimum Gasteiger partial charge on any atom is -0.462 e. The number of esters is 5.